The number of hydrogen-bond acceptors (Lipinski definition) is 4. The van der Waals surface area contributed by atoms with Crippen LogP contribution >= 0.6 is 11.3 Å². The van der Waals surface area contributed by atoms with Crippen molar-refractivity contribution in [2.45, 2.75) is 25.7 Å². The summed E-state index contributed by atoms with van der Waals surface area (Å²) >= 11 is 1.71. The van der Waals surface area contributed by atoms with Crippen molar-refractivity contribution < 1.29 is 4.79 Å². The molecule has 6 heteroatoms. The summed E-state index contributed by atoms with van der Waals surface area (Å²) in [5, 5.41) is 9.33. The highest BCUT2D eigenvalue weighted by Gasteiger charge is 2.25. The Balaban J connectivity index is 1.58. The van der Waals surface area contributed by atoms with Gasteiger partial charge in [-0.05, 0) is 42.7 Å². The van der Waals surface area contributed by atoms with Crippen molar-refractivity contribution in [1.29, 1.82) is 0 Å². The Labute approximate surface area is 133 Å². The van der Waals surface area contributed by atoms with Crippen molar-refractivity contribution in [1.82, 2.24) is 15.1 Å². The van der Waals surface area contributed by atoms with Gasteiger partial charge in [0.2, 0.25) is 5.91 Å². The average molecular weight is 317 g/mol. The van der Waals surface area contributed by atoms with Crippen LogP contribution in [0.4, 0.5) is 0 Å². The molecule has 1 atom stereocenters. The van der Waals surface area contributed by atoms with Crippen LogP contribution in [0.3, 0.4) is 0 Å². The van der Waals surface area contributed by atoms with Crippen molar-refractivity contribution in [2.24, 2.45) is 13.0 Å². The fourth-order valence-electron chi connectivity index (χ4n) is 2.82. The molecule has 116 valence electrons. The van der Waals surface area contributed by atoms with Gasteiger partial charge in [0.1, 0.15) is 0 Å². The summed E-state index contributed by atoms with van der Waals surface area (Å²) < 4.78 is 1.36. The molecule has 1 aliphatic rings. The van der Waals surface area contributed by atoms with Gasteiger partial charge < -0.3 is 5.32 Å². The molecule has 2 heterocycles. The van der Waals surface area contributed by atoms with Gasteiger partial charge in [0.05, 0.1) is 5.69 Å². The summed E-state index contributed by atoms with van der Waals surface area (Å²) in [5.74, 6) is 0.0348. The van der Waals surface area contributed by atoms with Crippen LogP contribution in [0.1, 0.15) is 22.6 Å². The first-order chi connectivity index (χ1) is 10.6. The normalized spacial score (nSPS) is 17.0. The summed E-state index contributed by atoms with van der Waals surface area (Å²) in [6.07, 6.45) is 3.04. The fourth-order valence-corrected chi connectivity index (χ4v) is 3.53. The van der Waals surface area contributed by atoms with Gasteiger partial charge in [0, 0.05) is 30.5 Å². The quantitative estimate of drug-likeness (QED) is 0.924. The number of carbonyl (C=O) groups excluding carboxylic acids is 1. The number of rotatable bonds is 4. The van der Waals surface area contributed by atoms with E-state index in [2.05, 4.69) is 16.5 Å². The highest BCUT2D eigenvalue weighted by atomic mass is 32.1. The van der Waals surface area contributed by atoms with E-state index in [0.717, 1.165) is 30.5 Å². The van der Waals surface area contributed by atoms with Gasteiger partial charge in [-0.2, -0.15) is 5.10 Å². The molecule has 0 fully saturated rings. The van der Waals surface area contributed by atoms with Gasteiger partial charge in [-0.3, -0.25) is 9.59 Å². The molecule has 1 N–H and O–H groups in total. The number of amides is 1. The van der Waals surface area contributed by atoms with E-state index >= 15 is 0 Å². The largest absolute Gasteiger partial charge is 0.355 e. The maximum atomic E-state index is 12.3. The van der Waals surface area contributed by atoms with Crippen molar-refractivity contribution >= 4 is 17.2 Å². The summed E-state index contributed by atoms with van der Waals surface area (Å²) in [4.78, 5) is 25.2. The number of carbonyl (C=O) groups is 1. The Kier molecular flexibility index (Phi) is 4.38. The number of nitrogens with one attached hydrogen (secondary N) is 1. The monoisotopic (exact) mass is 317 g/mol. The molecular formula is C16H19N3O2S. The molecule has 22 heavy (non-hydrogen) atoms. The first kappa shape index (κ1) is 15.0. The maximum Gasteiger partial charge on any atom is 0.266 e. The molecule has 0 aromatic carbocycles. The van der Waals surface area contributed by atoms with Crippen molar-refractivity contribution in [3.05, 3.63) is 50.1 Å². The van der Waals surface area contributed by atoms with Crippen LogP contribution in [0.15, 0.2) is 28.4 Å². The summed E-state index contributed by atoms with van der Waals surface area (Å²) in [7, 11) is 1.66. The van der Waals surface area contributed by atoms with Crippen LogP contribution in [-0.4, -0.2) is 22.2 Å². The third kappa shape index (κ3) is 3.27. The van der Waals surface area contributed by atoms with Crippen molar-refractivity contribution in [3.63, 3.8) is 0 Å². The molecule has 0 unspecified atom stereocenters. The first-order valence-electron chi connectivity index (χ1n) is 7.49. The van der Waals surface area contributed by atoms with E-state index in [1.165, 1.54) is 9.56 Å². The maximum absolute atomic E-state index is 12.3. The van der Waals surface area contributed by atoms with E-state index in [0.29, 0.717) is 13.0 Å². The zero-order chi connectivity index (χ0) is 15.5. The van der Waals surface area contributed by atoms with Gasteiger partial charge in [0.25, 0.3) is 5.56 Å². The minimum absolute atomic E-state index is 0.0512. The Hall–Kier alpha value is -1.95. The van der Waals surface area contributed by atoms with E-state index in [-0.39, 0.29) is 17.4 Å². The second kappa shape index (κ2) is 6.44. The third-order valence-corrected chi connectivity index (χ3v) is 5.01. The van der Waals surface area contributed by atoms with Crippen molar-refractivity contribution in [2.75, 3.05) is 6.54 Å². The third-order valence-electron chi connectivity index (χ3n) is 4.08. The minimum atomic E-state index is -0.113. The molecule has 0 radical (unpaired) electrons. The lowest BCUT2D eigenvalue weighted by atomic mass is 9.86. The van der Waals surface area contributed by atoms with Gasteiger partial charge in [0.15, 0.2) is 0 Å². The lowest BCUT2D eigenvalue weighted by Crippen LogP contribution is -2.36. The second-order valence-electron chi connectivity index (χ2n) is 5.64. The van der Waals surface area contributed by atoms with Gasteiger partial charge in [-0.1, -0.05) is 6.07 Å². The molecule has 5 nitrogen and oxygen atoms in total. The van der Waals surface area contributed by atoms with E-state index in [4.69, 9.17) is 0 Å². The van der Waals surface area contributed by atoms with Gasteiger partial charge in [-0.15, -0.1) is 11.3 Å². The molecule has 0 saturated carbocycles. The van der Waals surface area contributed by atoms with E-state index in [9.17, 15) is 9.59 Å². The number of nitrogens with zero attached hydrogens (tertiary/aromatic N) is 2. The van der Waals surface area contributed by atoms with Gasteiger partial charge in [-0.25, -0.2) is 4.68 Å². The predicted octanol–water partition coefficient (Wildman–Crippen LogP) is 1.31. The van der Waals surface area contributed by atoms with E-state index in [1.807, 2.05) is 11.4 Å². The Morgan fingerprint density at radius 1 is 1.55 bits per heavy atom. The molecule has 2 aromatic rings. The summed E-state index contributed by atoms with van der Waals surface area (Å²) in [6, 6.07) is 5.72. The SMILES string of the molecule is Cn1nc2c(cc1=O)C[C@@H](C(=O)NCCc1cccs1)CC2. The Morgan fingerprint density at radius 2 is 2.41 bits per heavy atom. The fraction of sp³-hybridized carbons (Fsp3) is 0.438. The molecule has 1 aliphatic carbocycles. The van der Waals surface area contributed by atoms with Crippen LogP contribution < -0.4 is 10.9 Å². The Bertz CT molecular complexity index is 721. The highest BCUT2D eigenvalue weighted by Crippen LogP contribution is 2.23. The van der Waals surface area contributed by atoms with Crippen LogP contribution in [0.2, 0.25) is 0 Å². The average Bonchev–Trinajstić information content (AvgIpc) is 3.01. The standard InChI is InChI=1S/C16H19N3O2S/c1-19-15(20)10-12-9-11(4-5-14(12)18-19)16(21)17-7-6-13-3-2-8-22-13/h2-3,8,10-11H,4-7,9H2,1H3,(H,17,21)/t11-/m0/s1. The Morgan fingerprint density at radius 3 is 3.18 bits per heavy atom. The molecule has 0 saturated heterocycles. The smallest absolute Gasteiger partial charge is 0.266 e. The molecule has 2 aromatic heterocycles. The highest BCUT2D eigenvalue weighted by molar-refractivity contribution is 7.09. The molecular weight excluding hydrogens is 298 g/mol. The van der Waals surface area contributed by atoms with Crippen LogP contribution in [0, 0.1) is 5.92 Å². The number of thiophene rings is 1. The van der Waals surface area contributed by atoms with E-state index in [1.54, 1.807) is 24.5 Å². The molecule has 3 rings (SSSR count). The van der Waals surface area contributed by atoms with Crippen LogP contribution in [-0.2, 0) is 31.1 Å². The van der Waals surface area contributed by atoms with Crippen molar-refractivity contribution in [3.8, 4) is 0 Å². The zero-order valence-corrected chi connectivity index (χ0v) is 13.4. The number of fused-ring (bicyclic) bond motifs is 1. The van der Waals surface area contributed by atoms with Crippen LogP contribution in [0.5, 0.6) is 0 Å². The molecule has 0 aliphatic heterocycles. The number of aryl methyl sites for hydroxylation is 2. The lowest BCUT2D eigenvalue weighted by molar-refractivity contribution is -0.125. The molecule has 1 amide bonds. The second-order valence-corrected chi connectivity index (χ2v) is 6.67. The summed E-state index contributed by atoms with van der Waals surface area (Å²) in [5.41, 5.74) is 1.76. The number of aromatic nitrogens is 2. The summed E-state index contributed by atoms with van der Waals surface area (Å²) in [6.45, 7) is 0.664. The van der Waals surface area contributed by atoms with Crippen LogP contribution in [0.25, 0.3) is 0 Å². The van der Waals surface area contributed by atoms with Gasteiger partial charge >= 0.3 is 0 Å². The first-order valence-corrected chi connectivity index (χ1v) is 8.37. The molecule has 0 bridgehead atoms. The topological polar surface area (TPSA) is 64.0 Å². The number of hydrogen-bond donors (Lipinski definition) is 1. The zero-order valence-electron chi connectivity index (χ0n) is 12.5. The lowest BCUT2D eigenvalue weighted by Gasteiger charge is -2.23. The minimum Gasteiger partial charge on any atom is -0.355 e. The predicted molar refractivity (Wildman–Crippen MR) is 86.0 cm³/mol. The van der Waals surface area contributed by atoms with E-state index < -0.39 is 0 Å². The molecule has 0 spiro atoms.